The average Bonchev–Trinajstić information content (AvgIpc) is 3.16. The van der Waals surface area contributed by atoms with Crippen LogP contribution in [0.5, 0.6) is 0 Å². The molecule has 0 aromatic carbocycles. The van der Waals surface area contributed by atoms with Gasteiger partial charge in [-0.05, 0) is 98.7 Å². The summed E-state index contributed by atoms with van der Waals surface area (Å²) < 4.78 is 23.2. The van der Waals surface area contributed by atoms with Crippen molar-refractivity contribution in [1.82, 2.24) is 0 Å². The van der Waals surface area contributed by atoms with Gasteiger partial charge >= 0.3 is 11.9 Å². The number of carbonyl (C=O) groups is 2. The third-order valence-corrected chi connectivity index (χ3v) is 17.3. The molecule has 16 nitrogen and oxygen atoms in total. The molecule has 2 aliphatic heterocycles. The van der Waals surface area contributed by atoms with Crippen LogP contribution in [-0.4, -0.2) is 150 Å². The molecule has 4 saturated carbocycles. The monoisotopic (exact) mass is 812 g/mol. The number of hydrogen-bond acceptors (Lipinski definition) is 14. The third-order valence-electron chi connectivity index (χ3n) is 17.3. The van der Waals surface area contributed by atoms with Crippen LogP contribution in [0, 0.1) is 50.2 Å². The summed E-state index contributed by atoms with van der Waals surface area (Å²) in [6.07, 6.45) is -9.62. The van der Waals surface area contributed by atoms with E-state index in [1.807, 2.05) is 6.92 Å². The van der Waals surface area contributed by atoms with E-state index in [0.717, 1.165) is 12.0 Å². The first-order chi connectivity index (χ1) is 26.6. The number of rotatable bonds is 8. The Bertz CT molecular complexity index is 1590. The SMILES string of the molecule is CC1(C(=O)O)CCC2(C(=O)O)CCC3(C)C(=CCC4C5(C)CC(O)C(O[C@@H]6OC[C@@H](O[C@@H]7O[C@H](CO)[C@@H](O)[C@H](O)[C@H]7O)[C@H](O)[C@H]6O)C(C)(CO)C5CCC43C)C2C1. The van der Waals surface area contributed by atoms with Crippen LogP contribution in [0.1, 0.15) is 92.4 Å². The van der Waals surface area contributed by atoms with E-state index in [-0.39, 0.29) is 36.9 Å². The maximum absolute atomic E-state index is 13.1. The summed E-state index contributed by atoms with van der Waals surface area (Å²) in [7, 11) is 0. The zero-order chi connectivity index (χ0) is 41.8. The van der Waals surface area contributed by atoms with Crippen LogP contribution in [0.15, 0.2) is 11.6 Å². The summed E-state index contributed by atoms with van der Waals surface area (Å²) in [5.41, 5.74) is -3.31. The molecule has 0 radical (unpaired) electrons. The van der Waals surface area contributed by atoms with Gasteiger partial charge in [0.05, 0.1) is 42.9 Å². The molecule has 0 aromatic rings. The summed E-state index contributed by atoms with van der Waals surface area (Å²) in [6, 6.07) is 0. The topological polar surface area (TPSA) is 273 Å². The molecule has 20 atom stereocenters. The second-order valence-corrected chi connectivity index (χ2v) is 19.9. The van der Waals surface area contributed by atoms with Crippen LogP contribution in [0.25, 0.3) is 0 Å². The predicted octanol–water partition coefficient (Wildman–Crippen LogP) is 0.529. The molecule has 0 aromatic heterocycles. The van der Waals surface area contributed by atoms with Gasteiger partial charge in [-0.2, -0.15) is 0 Å². The third kappa shape index (κ3) is 6.21. The van der Waals surface area contributed by atoms with Gasteiger partial charge < -0.3 is 70.0 Å². The maximum atomic E-state index is 13.1. The number of ether oxygens (including phenoxy) is 4. The van der Waals surface area contributed by atoms with Crippen LogP contribution in [-0.2, 0) is 28.5 Å². The number of aliphatic carboxylic acids is 2. The molecule has 7 aliphatic rings. The molecule has 6 fully saturated rings. The maximum Gasteiger partial charge on any atom is 0.310 e. The Hall–Kier alpha value is -1.80. The molecule has 2 heterocycles. The largest absolute Gasteiger partial charge is 0.481 e. The lowest BCUT2D eigenvalue weighted by atomic mass is 9.33. The fourth-order valence-electron chi connectivity index (χ4n) is 13.5. The highest BCUT2D eigenvalue weighted by atomic mass is 16.7. The summed E-state index contributed by atoms with van der Waals surface area (Å²) in [5, 5.41) is 107. The highest BCUT2D eigenvalue weighted by Crippen LogP contribution is 2.76. The van der Waals surface area contributed by atoms with E-state index in [1.165, 1.54) is 0 Å². The molecule has 2 saturated heterocycles. The Labute approximate surface area is 332 Å². The first-order valence-electron chi connectivity index (χ1n) is 20.6. The minimum Gasteiger partial charge on any atom is -0.481 e. The van der Waals surface area contributed by atoms with Crippen molar-refractivity contribution in [2.45, 2.75) is 160 Å². The first kappa shape index (κ1) is 43.3. The van der Waals surface area contributed by atoms with Crippen LogP contribution >= 0.6 is 0 Å². The number of carboxylic acid groups (broad SMARTS) is 2. The van der Waals surface area contributed by atoms with Gasteiger partial charge in [-0.15, -0.1) is 0 Å². The predicted molar refractivity (Wildman–Crippen MR) is 197 cm³/mol. The van der Waals surface area contributed by atoms with E-state index in [0.29, 0.717) is 44.9 Å². The van der Waals surface area contributed by atoms with E-state index in [1.54, 1.807) is 6.92 Å². The highest BCUT2D eigenvalue weighted by Gasteiger charge is 2.71. The molecule has 0 amide bonds. The lowest BCUT2D eigenvalue weighted by molar-refractivity contribution is -0.357. The van der Waals surface area contributed by atoms with E-state index >= 15 is 0 Å². The van der Waals surface area contributed by atoms with Gasteiger partial charge in [-0.1, -0.05) is 39.3 Å². The van der Waals surface area contributed by atoms with Gasteiger partial charge in [0.25, 0.3) is 0 Å². The Kier molecular flexibility index (Phi) is 11.2. The van der Waals surface area contributed by atoms with E-state index < -0.39 is 119 Å². The van der Waals surface area contributed by atoms with Gasteiger partial charge in [0, 0.05) is 5.41 Å². The van der Waals surface area contributed by atoms with Gasteiger partial charge in [0.15, 0.2) is 12.6 Å². The Morgan fingerprint density at radius 2 is 1.44 bits per heavy atom. The van der Waals surface area contributed by atoms with E-state index in [9.17, 15) is 60.7 Å². The van der Waals surface area contributed by atoms with Crippen molar-refractivity contribution in [3.8, 4) is 0 Å². The zero-order valence-electron chi connectivity index (χ0n) is 33.6. The number of fused-ring (bicyclic) bond motifs is 7. The Morgan fingerprint density at radius 1 is 0.772 bits per heavy atom. The smallest absolute Gasteiger partial charge is 0.310 e. The van der Waals surface area contributed by atoms with Gasteiger partial charge in [0.2, 0.25) is 0 Å². The quantitative estimate of drug-likeness (QED) is 0.118. The Morgan fingerprint density at radius 3 is 2.07 bits per heavy atom. The summed E-state index contributed by atoms with van der Waals surface area (Å²) in [4.78, 5) is 25.6. The molecule has 10 N–H and O–H groups in total. The number of carboxylic acids is 2. The summed E-state index contributed by atoms with van der Waals surface area (Å²) >= 11 is 0. The number of aliphatic hydroxyl groups excluding tert-OH is 8. The summed E-state index contributed by atoms with van der Waals surface area (Å²) in [5.74, 6) is -2.32. The normalized spacial score (nSPS) is 55.0. The molecular weight excluding hydrogens is 748 g/mol. The second kappa shape index (κ2) is 14.7. The molecule has 5 aliphatic carbocycles. The van der Waals surface area contributed by atoms with Crippen LogP contribution < -0.4 is 0 Å². The lowest BCUT2D eigenvalue weighted by Gasteiger charge is -2.71. The van der Waals surface area contributed by atoms with Gasteiger partial charge in [-0.3, -0.25) is 9.59 Å². The first-order valence-corrected chi connectivity index (χ1v) is 20.6. The molecule has 16 heteroatoms. The Balaban J connectivity index is 1.11. The molecule has 57 heavy (non-hydrogen) atoms. The summed E-state index contributed by atoms with van der Waals surface area (Å²) in [6.45, 7) is 8.87. The van der Waals surface area contributed by atoms with Crippen molar-refractivity contribution >= 4 is 11.9 Å². The van der Waals surface area contributed by atoms with Crippen molar-refractivity contribution < 1.29 is 79.6 Å². The van der Waals surface area contributed by atoms with E-state index in [4.69, 9.17) is 18.9 Å². The lowest BCUT2D eigenvalue weighted by Crippen LogP contribution is -2.69. The van der Waals surface area contributed by atoms with Crippen molar-refractivity contribution in [1.29, 1.82) is 0 Å². The minimum absolute atomic E-state index is 0.0180. The number of aliphatic hydroxyl groups is 8. The molecule has 7 rings (SSSR count). The van der Waals surface area contributed by atoms with Crippen molar-refractivity contribution in [3.63, 3.8) is 0 Å². The standard InChI is InChI=1S/C41H64O16/c1-36(34(50)51)10-12-41(35(52)53)13-11-39(4)19(20(41)14-36)6-7-25-37(2)15-21(44)31(38(3,18-43)24(37)8-9-40(25,39)5)57-32-29(48)27(46)23(17-54-32)56-33-30(49)28(47)26(45)22(16-42)55-33/h6,20-33,42-49H,7-18H2,1-5H3,(H,50,51)(H,52,53)/t20?,21?,22-,23-,24?,25?,26-,27+,28+,29-,30-,31?,32+,33+,36?,37?,38?,39?,40?,41?/m1/s1. The van der Waals surface area contributed by atoms with Crippen molar-refractivity contribution in [2.75, 3.05) is 19.8 Å². The van der Waals surface area contributed by atoms with Crippen molar-refractivity contribution in [3.05, 3.63) is 11.6 Å². The molecule has 11 unspecified atom stereocenters. The van der Waals surface area contributed by atoms with E-state index in [2.05, 4.69) is 26.8 Å². The number of hydrogen-bond donors (Lipinski definition) is 10. The molecule has 0 bridgehead atoms. The van der Waals surface area contributed by atoms with Crippen molar-refractivity contribution in [2.24, 2.45) is 50.2 Å². The fraction of sp³-hybridized carbons (Fsp3) is 0.902. The zero-order valence-corrected chi connectivity index (χ0v) is 33.6. The second-order valence-electron chi connectivity index (χ2n) is 19.9. The minimum atomic E-state index is -1.74. The fourth-order valence-corrected chi connectivity index (χ4v) is 13.5. The van der Waals surface area contributed by atoms with Crippen LogP contribution in [0.2, 0.25) is 0 Å². The van der Waals surface area contributed by atoms with Gasteiger partial charge in [-0.25, -0.2) is 0 Å². The van der Waals surface area contributed by atoms with Crippen LogP contribution in [0.3, 0.4) is 0 Å². The van der Waals surface area contributed by atoms with Crippen LogP contribution in [0.4, 0.5) is 0 Å². The van der Waals surface area contributed by atoms with Gasteiger partial charge in [0.1, 0.15) is 42.7 Å². The molecule has 0 spiro atoms. The number of allylic oxidation sites excluding steroid dienone is 2. The average molecular weight is 813 g/mol. The molecular formula is C41H64O16. The molecule has 324 valence electrons. The highest BCUT2D eigenvalue weighted by molar-refractivity contribution is 5.79.